The maximum atomic E-state index is 12.7. The summed E-state index contributed by atoms with van der Waals surface area (Å²) in [7, 11) is 5.77. The van der Waals surface area contributed by atoms with E-state index in [0.29, 0.717) is 24.4 Å². The number of benzene rings is 1. The van der Waals surface area contributed by atoms with E-state index < -0.39 is 0 Å². The van der Waals surface area contributed by atoms with Gasteiger partial charge in [0.25, 0.3) is 0 Å². The largest absolute Gasteiger partial charge is 0.497 e. The predicted octanol–water partition coefficient (Wildman–Crippen LogP) is 3.42. The minimum Gasteiger partial charge on any atom is -0.497 e. The number of urea groups is 1. The van der Waals surface area contributed by atoms with E-state index in [-0.39, 0.29) is 12.1 Å². The summed E-state index contributed by atoms with van der Waals surface area (Å²) in [5.74, 6) is 4.11. The number of nitrogens with one attached hydrogen (secondary N) is 2. The number of nitrogens with zero attached hydrogens (tertiary/aromatic N) is 1. The number of hydrogen-bond donors (Lipinski definition) is 2. The third kappa shape index (κ3) is 3.93. The molecule has 5 nitrogen and oxygen atoms in total. The first-order valence-electron chi connectivity index (χ1n) is 10.4. The standard InChI is InChI=1S/C22H33N3O2/c1-25(2)20(16-5-4-6-19(12-16)27-3)13-23-22(26)24-21-17-8-14-7-15(10-17)11-18(21)9-14/h4-6,12,14-15,17-18,20-21H,7-11,13H2,1-3H3,(H2,23,24,26). The second-order valence-corrected chi connectivity index (χ2v) is 9.07. The third-order valence-corrected chi connectivity index (χ3v) is 7.08. The summed E-state index contributed by atoms with van der Waals surface area (Å²) in [4.78, 5) is 14.8. The quantitative estimate of drug-likeness (QED) is 0.806. The lowest BCUT2D eigenvalue weighted by Gasteiger charge is -2.54. The van der Waals surface area contributed by atoms with E-state index in [9.17, 15) is 4.79 Å². The van der Waals surface area contributed by atoms with E-state index in [2.05, 4.69) is 21.6 Å². The molecule has 4 aliphatic carbocycles. The van der Waals surface area contributed by atoms with Crippen molar-refractivity contribution in [3.05, 3.63) is 29.8 Å². The molecule has 0 radical (unpaired) electrons. The summed E-state index contributed by atoms with van der Waals surface area (Å²) >= 11 is 0. The van der Waals surface area contributed by atoms with Crippen LogP contribution in [-0.2, 0) is 0 Å². The van der Waals surface area contributed by atoms with Crippen molar-refractivity contribution in [2.45, 2.75) is 44.2 Å². The molecule has 0 heterocycles. The molecular formula is C22H33N3O2. The van der Waals surface area contributed by atoms with Crippen LogP contribution in [0.3, 0.4) is 0 Å². The third-order valence-electron chi connectivity index (χ3n) is 7.08. The fourth-order valence-corrected chi connectivity index (χ4v) is 6.00. The molecule has 0 spiro atoms. The molecule has 0 aliphatic heterocycles. The minimum absolute atomic E-state index is 0.0118. The van der Waals surface area contributed by atoms with Crippen molar-refractivity contribution in [1.82, 2.24) is 15.5 Å². The fourth-order valence-electron chi connectivity index (χ4n) is 6.00. The summed E-state index contributed by atoms with van der Waals surface area (Å²) in [5.41, 5.74) is 1.15. The highest BCUT2D eigenvalue weighted by molar-refractivity contribution is 5.74. The number of carbonyl (C=O) groups is 1. The van der Waals surface area contributed by atoms with Gasteiger partial charge in [0.2, 0.25) is 0 Å². The van der Waals surface area contributed by atoms with E-state index in [4.69, 9.17) is 4.74 Å². The second-order valence-electron chi connectivity index (χ2n) is 9.07. The molecule has 5 heteroatoms. The molecule has 0 saturated heterocycles. The zero-order valence-corrected chi connectivity index (χ0v) is 16.8. The highest BCUT2D eigenvalue weighted by Crippen LogP contribution is 2.53. The SMILES string of the molecule is COc1cccc(C(CNC(=O)NC2C3CC4CC(C3)CC2C4)N(C)C)c1. The van der Waals surface area contributed by atoms with Crippen molar-refractivity contribution in [1.29, 1.82) is 0 Å². The summed E-state index contributed by atoms with van der Waals surface area (Å²) in [6, 6.07) is 8.56. The molecule has 4 saturated carbocycles. The number of likely N-dealkylation sites (N-methyl/N-ethyl adjacent to an activating group) is 1. The molecule has 1 aromatic carbocycles. The molecule has 148 valence electrons. The molecule has 27 heavy (non-hydrogen) atoms. The lowest BCUT2D eigenvalue weighted by Crippen LogP contribution is -2.57. The smallest absolute Gasteiger partial charge is 0.315 e. The molecule has 1 aromatic rings. The summed E-state index contributed by atoms with van der Waals surface area (Å²) in [6.07, 6.45) is 6.73. The number of amides is 2. The Balaban J connectivity index is 1.34. The zero-order chi connectivity index (χ0) is 19.0. The first-order chi connectivity index (χ1) is 13.0. The van der Waals surface area contributed by atoms with Crippen LogP contribution in [0.4, 0.5) is 4.79 Å². The molecule has 4 aliphatic rings. The maximum Gasteiger partial charge on any atom is 0.315 e. The predicted molar refractivity (Wildman–Crippen MR) is 107 cm³/mol. The van der Waals surface area contributed by atoms with E-state index in [1.807, 2.05) is 32.3 Å². The van der Waals surface area contributed by atoms with Crippen LogP contribution in [0.1, 0.15) is 43.7 Å². The average Bonchev–Trinajstić information content (AvgIpc) is 2.64. The lowest BCUT2D eigenvalue weighted by atomic mass is 9.54. The van der Waals surface area contributed by atoms with Crippen LogP contribution in [0.15, 0.2) is 24.3 Å². The van der Waals surface area contributed by atoms with Gasteiger partial charge < -0.3 is 20.3 Å². The van der Waals surface area contributed by atoms with Gasteiger partial charge in [0.1, 0.15) is 5.75 Å². The van der Waals surface area contributed by atoms with E-state index >= 15 is 0 Å². The van der Waals surface area contributed by atoms with Crippen LogP contribution < -0.4 is 15.4 Å². The Kier molecular flexibility index (Phi) is 5.31. The van der Waals surface area contributed by atoms with Crippen molar-refractivity contribution < 1.29 is 9.53 Å². The van der Waals surface area contributed by atoms with Gasteiger partial charge in [-0.3, -0.25) is 0 Å². The Morgan fingerprint density at radius 1 is 1.15 bits per heavy atom. The van der Waals surface area contributed by atoms with Crippen LogP contribution in [0.2, 0.25) is 0 Å². The minimum atomic E-state index is -0.0118. The monoisotopic (exact) mass is 371 g/mol. The number of hydrogen-bond acceptors (Lipinski definition) is 3. The fraction of sp³-hybridized carbons (Fsp3) is 0.682. The van der Waals surface area contributed by atoms with Crippen LogP contribution in [0, 0.1) is 23.7 Å². The van der Waals surface area contributed by atoms with Crippen LogP contribution in [0.25, 0.3) is 0 Å². The van der Waals surface area contributed by atoms with Crippen LogP contribution >= 0.6 is 0 Å². The van der Waals surface area contributed by atoms with Gasteiger partial charge in [-0.15, -0.1) is 0 Å². The topological polar surface area (TPSA) is 53.6 Å². The Labute approximate surface area is 162 Å². The molecular weight excluding hydrogens is 338 g/mol. The second kappa shape index (κ2) is 7.70. The Hall–Kier alpha value is -1.75. The number of methoxy groups -OCH3 is 1. The molecule has 2 N–H and O–H groups in total. The number of carbonyl (C=O) groups excluding carboxylic acids is 1. The van der Waals surface area contributed by atoms with Gasteiger partial charge in [-0.25, -0.2) is 4.79 Å². The summed E-state index contributed by atoms with van der Waals surface area (Å²) in [5, 5.41) is 6.46. The summed E-state index contributed by atoms with van der Waals surface area (Å²) in [6.45, 7) is 0.583. The van der Waals surface area contributed by atoms with Crippen LogP contribution in [-0.4, -0.2) is 44.7 Å². The highest BCUT2D eigenvalue weighted by Gasteiger charge is 2.48. The van der Waals surface area contributed by atoms with Gasteiger partial charge in [-0.05, 0) is 87.6 Å². The van der Waals surface area contributed by atoms with Crippen molar-refractivity contribution in [2.24, 2.45) is 23.7 Å². The summed E-state index contributed by atoms with van der Waals surface area (Å²) < 4.78 is 5.35. The maximum absolute atomic E-state index is 12.7. The molecule has 5 rings (SSSR count). The van der Waals surface area contributed by atoms with Crippen molar-refractivity contribution in [2.75, 3.05) is 27.7 Å². The van der Waals surface area contributed by atoms with Gasteiger partial charge in [0, 0.05) is 12.6 Å². The molecule has 4 bridgehead atoms. The molecule has 1 atom stereocenters. The molecule has 1 unspecified atom stereocenters. The Morgan fingerprint density at radius 3 is 2.41 bits per heavy atom. The van der Waals surface area contributed by atoms with E-state index in [1.165, 1.54) is 32.1 Å². The van der Waals surface area contributed by atoms with Gasteiger partial charge in [0.05, 0.1) is 13.2 Å². The van der Waals surface area contributed by atoms with Crippen molar-refractivity contribution in [3.8, 4) is 5.75 Å². The first-order valence-corrected chi connectivity index (χ1v) is 10.4. The molecule has 4 fully saturated rings. The van der Waals surface area contributed by atoms with Crippen molar-refractivity contribution in [3.63, 3.8) is 0 Å². The average molecular weight is 372 g/mol. The highest BCUT2D eigenvalue weighted by atomic mass is 16.5. The van der Waals surface area contributed by atoms with Gasteiger partial charge in [0.15, 0.2) is 0 Å². The zero-order valence-electron chi connectivity index (χ0n) is 16.8. The number of rotatable bonds is 6. The lowest BCUT2D eigenvalue weighted by molar-refractivity contribution is -0.00945. The normalized spacial score (nSPS) is 32.4. The molecule has 0 aromatic heterocycles. The Morgan fingerprint density at radius 2 is 1.81 bits per heavy atom. The molecule has 2 amide bonds. The van der Waals surface area contributed by atoms with Gasteiger partial charge in [-0.2, -0.15) is 0 Å². The van der Waals surface area contributed by atoms with E-state index in [1.54, 1.807) is 7.11 Å². The van der Waals surface area contributed by atoms with Crippen molar-refractivity contribution >= 4 is 6.03 Å². The van der Waals surface area contributed by atoms with Crippen LogP contribution in [0.5, 0.6) is 5.75 Å². The van der Waals surface area contributed by atoms with E-state index in [0.717, 1.165) is 23.1 Å². The number of ether oxygens (including phenoxy) is 1. The Bertz CT molecular complexity index is 647. The van der Waals surface area contributed by atoms with Gasteiger partial charge in [-0.1, -0.05) is 12.1 Å². The van der Waals surface area contributed by atoms with Gasteiger partial charge >= 0.3 is 6.03 Å². The first kappa shape index (κ1) is 18.6.